The fourth-order valence-corrected chi connectivity index (χ4v) is 4.64. The number of rotatable bonds is 7. The molecule has 1 aliphatic carbocycles. The molecule has 1 amide bonds. The Hall–Kier alpha value is -2.91. The van der Waals surface area contributed by atoms with Crippen molar-refractivity contribution in [2.45, 2.75) is 37.7 Å². The fourth-order valence-electron chi connectivity index (χ4n) is 4.64. The van der Waals surface area contributed by atoms with Gasteiger partial charge in [-0.25, -0.2) is 0 Å². The van der Waals surface area contributed by atoms with Crippen LogP contribution >= 0.6 is 0 Å². The van der Waals surface area contributed by atoms with E-state index in [1.54, 1.807) is 0 Å². The van der Waals surface area contributed by atoms with E-state index in [2.05, 4.69) is 36.5 Å². The molecular weight excluding hydrogens is 358 g/mol. The van der Waals surface area contributed by atoms with E-state index in [0.29, 0.717) is 13.0 Å². The van der Waals surface area contributed by atoms with E-state index in [1.807, 2.05) is 54.6 Å². The maximum Gasteiger partial charge on any atom is 0.235 e. The molecule has 1 atom stereocenters. The topological polar surface area (TPSA) is 49.3 Å². The van der Waals surface area contributed by atoms with Gasteiger partial charge < -0.3 is 10.4 Å². The average molecular weight is 386 g/mol. The average Bonchev–Trinajstić information content (AvgIpc) is 3.06. The van der Waals surface area contributed by atoms with Crippen molar-refractivity contribution in [3.63, 3.8) is 0 Å². The van der Waals surface area contributed by atoms with E-state index in [0.717, 1.165) is 40.7 Å². The van der Waals surface area contributed by atoms with Crippen LogP contribution in [0.25, 0.3) is 11.1 Å². The molecule has 3 nitrogen and oxygen atoms in total. The minimum Gasteiger partial charge on any atom is -0.388 e. The molecule has 3 heteroatoms. The van der Waals surface area contributed by atoms with Gasteiger partial charge in [0.05, 0.1) is 6.10 Å². The largest absolute Gasteiger partial charge is 0.388 e. The van der Waals surface area contributed by atoms with Crippen molar-refractivity contribution >= 4 is 5.91 Å². The quantitative estimate of drug-likeness (QED) is 0.602. The SMILES string of the molecule is CCCC1(C(=O)NCCC(O)c2ccccc2)c2ccccc2-c2ccccc21. The number of hydrogen-bond donors (Lipinski definition) is 2. The van der Waals surface area contributed by atoms with Crippen LogP contribution in [-0.4, -0.2) is 17.6 Å². The number of carbonyl (C=O) groups is 1. The van der Waals surface area contributed by atoms with Gasteiger partial charge in [-0.05, 0) is 40.7 Å². The number of amides is 1. The van der Waals surface area contributed by atoms with E-state index in [-0.39, 0.29) is 5.91 Å². The zero-order chi connectivity index (χ0) is 20.3. The second-order valence-corrected chi connectivity index (χ2v) is 7.72. The van der Waals surface area contributed by atoms with Crippen LogP contribution in [0.15, 0.2) is 78.9 Å². The maximum atomic E-state index is 13.6. The zero-order valence-electron chi connectivity index (χ0n) is 16.8. The Morgan fingerprint density at radius 2 is 1.45 bits per heavy atom. The van der Waals surface area contributed by atoms with Gasteiger partial charge in [0.15, 0.2) is 0 Å². The van der Waals surface area contributed by atoms with Gasteiger partial charge in [0.25, 0.3) is 0 Å². The summed E-state index contributed by atoms with van der Waals surface area (Å²) in [7, 11) is 0. The number of hydrogen-bond acceptors (Lipinski definition) is 2. The summed E-state index contributed by atoms with van der Waals surface area (Å²) in [6, 6.07) is 26.1. The molecule has 0 aliphatic heterocycles. The molecule has 1 aliphatic rings. The molecule has 0 aromatic heterocycles. The van der Waals surface area contributed by atoms with Crippen molar-refractivity contribution in [2.75, 3.05) is 6.54 Å². The molecule has 0 bridgehead atoms. The first-order chi connectivity index (χ1) is 14.2. The second kappa shape index (κ2) is 8.22. The summed E-state index contributed by atoms with van der Waals surface area (Å²) in [5.74, 6) is 0.0250. The lowest BCUT2D eigenvalue weighted by Crippen LogP contribution is -2.44. The predicted molar refractivity (Wildman–Crippen MR) is 117 cm³/mol. The predicted octanol–water partition coefficient (Wildman–Crippen LogP) is 4.99. The zero-order valence-corrected chi connectivity index (χ0v) is 16.8. The number of aliphatic hydroxyl groups is 1. The Morgan fingerprint density at radius 3 is 2.03 bits per heavy atom. The van der Waals surface area contributed by atoms with Crippen LogP contribution in [0.1, 0.15) is 49.0 Å². The second-order valence-electron chi connectivity index (χ2n) is 7.72. The van der Waals surface area contributed by atoms with E-state index in [4.69, 9.17) is 0 Å². The van der Waals surface area contributed by atoms with Crippen molar-refractivity contribution in [2.24, 2.45) is 0 Å². The lowest BCUT2D eigenvalue weighted by molar-refractivity contribution is -0.125. The van der Waals surface area contributed by atoms with Crippen LogP contribution in [0, 0.1) is 0 Å². The Morgan fingerprint density at radius 1 is 0.897 bits per heavy atom. The van der Waals surface area contributed by atoms with Crippen molar-refractivity contribution < 1.29 is 9.90 Å². The molecule has 0 spiro atoms. The summed E-state index contributed by atoms with van der Waals surface area (Å²) in [6.45, 7) is 2.56. The molecule has 3 aromatic rings. The smallest absolute Gasteiger partial charge is 0.235 e. The third kappa shape index (κ3) is 3.36. The molecular formula is C26H27NO2. The van der Waals surface area contributed by atoms with Gasteiger partial charge in [-0.2, -0.15) is 0 Å². The first kappa shape index (κ1) is 19.4. The lowest BCUT2D eigenvalue weighted by Gasteiger charge is -2.30. The van der Waals surface area contributed by atoms with Crippen LogP contribution in [0.2, 0.25) is 0 Å². The van der Waals surface area contributed by atoms with Crippen molar-refractivity contribution in [1.82, 2.24) is 5.32 Å². The highest BCUT2D eigenvalue weighted by atomic mass is 16.3. The minimum atomic E-state index is -0.667. The number of aliphatic hydroxyl groups excluding tert-OH is 1. The van der Waals surface area contributed by atoms with Gasteiger partial charge in [-0.1, -0.05) is 92.2 Å². The van der Waals surface area contributed by atoms with Crippen molar-refractivity contribution in [3.05, 3.63) is 95.6 Å². The third-order valence-corrected chi connectivity index (χ3v) is 5.96. The molecule has 4 rings (SSSR count). The number of nitrogens with one attached hydrogen (secondary N) is 1. The third-order valence-electron chi connectivity index (χ3n) is 5.96. The standard InChI is InChI=1S/C26H27NO2/c1-2-17-26(25(29)27-18-16-24(28)19-10-4-3-5-11-19)22-14-8-6-12-20(22)21-13-7-9-15-23(21)26/h3-15,24,28H,2,16-18H2,1H3,(H,27,29). The van der Waals surface area contributed by atoms with Gasteiger partial charge in [0.1, 0.15) is 5.41 Å². The number of fused-ring (bicyclic) bond motifs is 3. The summed E-state index contributed by atoms with van der Waals surface area (Å²) in [5, 5.41) is 13.6. The highest BCUT2D eigenvalue weighted by Crippen LogP contribution is 2.51. The molecule has 29 heavy (non-hydrogen) atoms. The van der Waals surface area contributed by atoms with E-state index < -0.39 is 11.5 Å². The number of carbonyl (C=O) groups excluding carboxylic acids is 1. The lowest BCUT2D eigenvalue weighted by atomic mass is 9.74. The number of benzene rings is 3. The Labute approximate surface area is 172 Å². The Kier molecular flexibility index (Phi) is 5.50. The first-order valence-corrected chi connectivity index (χ1v) is 10.4. The van der Waals surface area contributed by atoms with Gasteiger partial charge >= 0.3 is 0 Å². The molecule has 0 radical (unpaired) electrons. The molecule has 3 aromatic carbocycles. The fraction of sp³-hybridized carbons (Fsp3) is 0.269. The molecule has 0 saturated heterocycles. The van der Waals surface area contributed by atoms with E-state index >= 15 is 0 Å². The summed E-state index contributed by atoms with van der Waals surface area (Å²) in [6.07, 6.45) is 1.57. The summed E-state index contributed by atoms with van der Waals surface area (Å²) < 4.78 is 0. The summed E-state index contributed by atoms with van der Waals surface area (Å²) >= 11 is 0. The van der Waals surface area contributed by atoms with E-state index in [1.165, 1.54) is 0 Å². The van der Waals surface area contributed by atoms with Gasteiger partial charge in [0.2, 0.25) is 5.91 Å². The van der Waals surface area contributed by atoms with Gasteiger partial charge in [-0.3, -0.25) is 4.79 Å². The van der Waals surface area contributed by atoms with E-state index in [9.17, 15) is 9.90 Å². The van der Waals surface area contributed by atoms with Crippen LogP contribution in [0.4, 0.5) is 0 Å². The minimum absolute atomic E-state index is 0.0250. The van der Waals surface area contributed by atoms with Gasteiger partial charge in [0, 0.05) is 6.54 Å². The molecule has 1 unspecified atom stereocenters. The Bertz CT molecular complexity index is 951. The molecule has 0 saturated carbocycles. The molecule has 0 heterocycles. The summed E-state index contributed by atoms with van der Waals surface area (Å²) in [4.78, 5) is 13.6. The van der Waals surface area contributed by atoms with Crippen molar-refractivity contribution in [3.8, 4) is 11.1 Å². The van der Waals surface area contributed by atoms with Crippen LogP contribution in [0.3, 0.4) is 0 Å². The maximum absolute atomic E-state index is 13.6. The molecule has 148 valence electrons. The molecule has 0 fully saturated rings. The first-order valence-electron chi connectivity index (χ1n) is 10.4. The monoisotopic (exact) mass is 385 g/mol. The van der Waals surface area contributed by atoms with Crippen LogP contribution in [0.5, 0.6) is 0 Å². The van der Waals surface area contributed by atoms with Gasteiger partial charge in [-0.15, -0.1) is 0 Å². The molecule has 2 N–H and O–H groups in total. The van der Waals surface area contributed by atoms with Crippen molar-refractivity contribution in [1.29, 1.82) is 0 Å². The highest BCUT2D eigenvalue weighted by molar-refractivity contribution is 6.00. The van der Waals surface area contributed by atoms with Crippen LogP contribution < -0.4 is 5.32 Å². The Balaban J connectivity index is 1.60. The highest BCUT2D eigenvalue weighted by Gasteiger charge is 2.47. The normalized spacial score (nSPS) is 14.7. The summed E-state index contributed by atoms with van der Waals surface area (Å²) in [5.41, 5.74) is 4.68. The van der Waals surface area contributed by atoms with Crippen LogP contribution in [-0.2, 0) is 10.2 Å².